The highest BCUT2D eigenvalue weighted by Gasteiger charge is 2.07. The van der Waals surface area contributed by atoms with Gasteiger partial charge in [0.25, 0.3) is 5.91 Å². The van der Waals surface area contributed by atoms with E-state index in [1.54, 1.807) is 42.6 Å². The van der Waals surface area contributed by atoms with Crippen LogP contribution < -0.4 is 10.1 Å². The van der Waals surface area contributed by atoms with Crippen LogP contribution in [0.15, 0.2) is 91.3 Å². The fourth-order valence-corrected chi connectivity index (χ4v) is 2.96. The largest absolute Gasteiger partial charge is 0.489 e. The molecule has 1 heterocycles. The van der Waals surface area contributed by atoms with Gasteiger partial charge >= 0.3 is 0 Å². The van der Waals surface area contributed by atoms with E-state index >= 15 is 0 Å². The smallest absolute Gasteiger partial charge is 0.255 e. The van der Waals surface area contributed by atoms with Crippen LogP contribution in [-0.2, 0) is 13.2 Å². The summed E-state index contributed by atoms with van der Waals surface area (Å²) in [6.45, 7) is 0.970. The summed E-state index contributed by atoms with van der Waals surface area (Å²) in [6.07, 6.45) is 3.63. The van der Waals surface area contributed by atoms with Gasteiger partial charge in [0.1, 0.15) is 18.2 Å². The van der Waals surface area contributed by atoms with Crippen LogP contribution in [0.3, 0.4) is 0 Å². The zero-order valence-corrected chi connectivity index (χ0v) is 16.2. The van der Waals surface area contributed by atoms with E-state index < -0.39 is 0 Å². The SMILES string of the molecule is O=C(Nc1cccc(OCc2ccc(F)cc2)c1)c1ccc(Cn2cccn2)cc1. The molecule has 0 aliphatic rings. The highest BCUT2D eigenvalue weighted by molar-refractivity contribution is 6.04. The number of hydrogen-bond donors (Lipinski definition) is 1. The molecule has 5 nitrogen and oxygen atoms in total. The molecule has 0 radical (unpaired) electrons. The minimum atomic E-state index is -0.280. The normalized spacial score (nSPS) is 10.6. The van der Waals surface area contributed by atoms with E-state index in [2.05, 4.69) is 10.4 Å². The molecule has 1 aromatic heterocycles. The molecule has 150 valence electrons. The quantitative estimate of drug-likeness (QED) is 0.479. The predicted octanol–water partition coefficient (Wildman–Crippen LogP) is 4.90. The van der Waals surface area contributed by atoms with Crippen LogP contribution in [0, 0.1) is 5.82 Å². The van der Waals surface area contributed by atoms with Gasteiger partial charge in [-0.05, 0) is 53.6 Å². The van der Waals surface area contributed by atoms with Gasteiger partial charge in [-0.1, -0.05) is 30.3 Å². The molecule has 6 heteroatoms. The van der Waals surface area contributed by atoms with Gasteiger partial charge in [0.05, 0.1) is 6.54 Å². The molecule has 0 saturated carbocycles. The lowest BCUT2D eigenvalue weighted by molar-refractivity contribution is 0.102. The lowest BCUT2D eigenvalue weighted by Gasteiger charge is -2.10. The number of rotatable bonds is 7. The van der Waals surface area contributed by atoms with Crippen molar-refractivity contribution in [1.82, 2.24) is 9.78 Å². The van der Waals surface area contributed by atoms with E-state index in [1.807, 2.05) is 41.2 Å². The van der Waals surface area contributed by atoms with Crippen LogP contribution in [0.25, 0.3) is 0 Å². The van der Waals surface area contributed by atoms with Crippen LogP contribution in [0.1, 0.15) is 21.5 Å². The minimum absolute atomic E-state index is 0.198. The van der Waals surface area contributed by atoms with Crippen molar-refractivity contribution in [3.8, 4) is 5.75 Å². The Morgan fingerprint density at radius 3 is 2.47 bits per heavy atom. The van der Waals surface area contributed by atoms with Crippen LogP contribution >= 0.6 is 0 Å². The second-order valence-electron chi connectivity index (χ2n) is 6.80. The summed E-state index contributed by atoms with van der Waals surface area (Å²) in [5.74, 6) is 0.140. The Bertz CT molecular complexity index is 1110. The predicted molar refractivity (Wildman–Crippen MR) is 113 cm³/mol. The number of nitrogens with zero attached hydrogens (tertiary/aromatic N) is 2. The molecule has 0 spiro atoms. The number of halogens is 1. The van der Waals surface area contributed by atoms with E-state index in [0.717, 1.165) is 11.1 Å². The molecule has 0 unspecified atom stereocenters. The highest BCUT2D eigenvalue weighted by atomic mass is 19.1. The van der Waals surface area contributed by atoms with Crippen molar-refractivity contribution in [3.63, 3.8) is 0 Å². The van der Waals surface area contributed by atoms with Crippen molar-refractivity contribution >= 4 is 11.6 Å². The van der Waals surface area contributed by atoms with Gasteiger partial charge in [0.15, 0.2) is 0 Å². The van der Waals surface area contributed by atoms with Gasteiger partial charge in [-0.3, -0.25) is 9.48 Å². The average molecular weight is 401 g/mol. The molecule has 4 rings (SSSR count). The molecule has 0 atom stereocenters. The number of carbonyl (C=O) groups is 1. The lowest BCUT2D eigenvalue weighted by Crippen LogP contribution is -2.12. The molecular weight excluding hydrogens is 381 g/mol. The monoisotopic (exact) mass is 401 g/mol. The Kier molecular flexibility index (Phi) is 5.85. The van der Waals surface area contributed by atoms with Crippen molar-refractivity contribution < 1.29 is 13.9 Å². The first-order valence-corrected chi connectivity index (χ1v) is 9.51. The zero-order chi connectivity index (χ0) is 20.8. The molecule has 0 saturated heterocycles. The molecule has 0 fully saturated rings. The lowest BCUT2D eigenvalue weighted by atomic mass is 10.1. The summed E-state index contributed by atoms with van der Waals surface area (Å²) >= 11 is 0. The summed E-state index contributed by atoms with van der Waals surface area (Å²) < 4.78 is 20.6. The Morgan fingerprint density at radius 2 is 1.73 bits per heavy atom. The summed E-state index contributed by atoms with van der Waals surface area (Å²) in [4.78, 5) is 12.6. The highest BCUT2D eigenvalue weighted by Crippen LogP contribution is 2.20. The Balaban J connectivity index is 1.35. The Labute approximate surface area is 173 Å². The number of ether oxygens (including phenoxy) is 1. The van der Waals surface area contributed by atoms with Crippen molar-refractivity contribution in [2.24, 2.45) is 0 Å². The van der Waals surface area contributed by atoms with E-state index in [9.17, 15) is 9.18 Å². The first-order valence-electron chi connectivity index (χ1n) is 9.51. The zero-order valence-electron chi connectivity index (χ0n) is 16.2. The molecule has 4 aromatic rings. The van der Waals surface area contributed by atoms with Gasteiger partial charge in [0, 0.05) is 29.7 Å². The standard InChI is InChI=1S/C24H20FN3O2/c25-21-11-7-19(8-12-21)17-30-23-4-1-3-22(15-23)27-24(29)20-9-5-18(6-10-20)16-28-14-2-13-26-28/h1-15H,16-17H2,(H,27,29). The Morgan fingerprint density at radius 1 is 0.967 bits per heavy atom. The minimum Gasteiger partial charge on any atom is -0.489 e. The summed E-state index contributed by atoms with van der Waals surface area (Å²) in [5, 5.41) is 7.06. The number of anilines is 1. The maximum Gasteiger partial charge on any atom is 0.255 e. The molecule has 3 aromatic carbocycles. The maximum atomic E-state index is 13.0. The molecule has 0 aliphatic carbocycles. The molecule has 30 heavy (non-hydrogen) atoms. The van der Waals surface area contributed by atoms with Crippen molar-refractivity contribution in [3.05, 3.63) is 114 Å². The molecular formula is C24H20FN3O2. The van der Waals surface area contributed by atoms with Crippen LogP contribution in [0.5, 0.6) is 5.75 Å². The summed E-state index contributed by atoms with van der Waals surface area (Å²) in [6, 6.07) is 22.6. The van der Waals surface area contributed by atoms with Crippen molar-refractivity contribution in [2.45, 2.75) is 13.2 Å². The number of aromatic nitrogens is 2. The number of carbonyl (C=O) groups excluding carboxylic acids is 1. The van der Waals surface area contributed by atoms with E-state index in [1.165, 1.54) is 12.1 Å². The third-order valence-electron chi connectivity index (χ3n) is 4.53. The number of hydrogen-bond acceptors (Lipinski definition) is 3. The van der Waals surface area contributed by atoms with Gasteiger partial charge in [-0.15, -0.1) is 0 Å². The van der Waals surface area contributed by atoms with Crippen LogP contribution in [-0.4, -0.2) is 15.7 Å². The first-order chi connectivity index (χ1) is 14.7. The fourth-order valence-electron chi connectivity index (χ4n) is 2.96. The molecule has 1 amide bonds. The third kappa shape index (κ3) is 5.11. The molecule has 1 N–H and O–H groups in total. The summed E-state index contributed by atoms with van der Waals surface area (Å²) in [7, 11) is 0. The Hall–Kier alpha value is -3.93. The van der Waals surface area contributed by atoms with E-state index in [-0.39, 0.29) is 11.7 Å². The fraction of sp³-hybridized carbons (Fsp3) is 0.0833. The second kappa shape index (κ2) is 9.05. The van der Waals surface area contributed by atoms with Gasteiger partial charge in [0.2, 0.25) is 0 Å². The first kappa shape index (κ1) is 19.4. The van der Waals surface area contributed by atoms with Crippen LogP contribution in [0.2, 0.25) is 0 Å². The summed E-state index contributed by atoms with van der Waals surface area (Å²) in [5.41, 5.74) is 3.13. The second-order valence-corrected chi connectivity index (χ2v) is 6.80. The van der Waals surface area contributed by atoms with Gasteiger partial charge in [-0.2, -0.15) is 5.10 Å². The van der Waals surface area contributed by atoms with Gasteiger partial charge < -0.3 is 10.1 Å². The average Bonchev–Trinajstić information content (AvgIpc) is 3.27. The van der Waals surface area contributed by atoms with Crippen molar-refractivity contribution in [2.75, 3.05) is 5.32 Å². The number of nitrogens with one attached hydrogen (secondary N) is 1. The number of amides is 1. The topological polar surface area (TPSA) is 56.1 Å². The van der Waals surface area contributed by atoms with E-state index in [4.69, 9.17) is 4.74 Å². The third-order valence-corrected chi connectivity index (χ3v) is 4.53. The van der Waals surface area contributed by atoms with Gasteiger partial charge in [-0.25, -0.2) is 4.39 Å². The number of benzene rings is 3. The van der Waals surface area contributed by atoms with Crippen molar-refractivity contribution in [1.29, 1.82) is 0 Å². The molecule has 0 aliphatic heterocycles. The molecule has 0 bridgehead atoms. The van der Waals surface area contributed by atoms with E-state index in [0.29, 0.717) is 30.2 Å². The maximum absolute atomic E-state index is 13.0. The van der Waals surface area contributed by atoms with Crippen LogP contribution in [0.4, 0.5) is 10.1 Å².